The Morgan fingerprint density at radius 1 is 1.27 bits per heavy atom. The van der Waals surface area contributed by atoms with Crippen LogP contribution in [0.2, 0.25) is 0 Å². The smallest absolute Gasteiger partial charge is 0.255 e. The molecule has 0 radical (unpaired) electrons. The highest BCUT2D eigenvalue weighted by molar-refractivity contribution is 7.98. The molecule has 1 saturated heterocycles. The van der Waals surface area contributed by atoms with E-state index in [1.54, 1.807) is 11.8 Å². The van der Waals surface area contributed by atoms with Gasteiger partial charge < -0.3 is 14.6 Å². The number of rotatable bonds is 4. The second kappa shape index (κ2) is 7.51. The largest absolute Gasteiger partial charge is 0.336 e. The van der Waals surface area contributed by atoms with Gasteiger partial charge in [-0.2, -0.15) is 0 Å². The first-order chi connectivity index (χ1) is 12.7. The summed E-state index contributed by atoms with van der Waals surface area (Å²) in [5.41, 5.74) is 2.75. The van der Waals surface area contributed by atoms with Gasteiger partial charge in [-0.3, -0.25) is 4.79 Å². The summed E-state index contributed by atoms with van der Waals surface area (Å²) in [5, 5.41) is 3.38. The number of hydrogen-bond acceptors (Lipinski definition) is 4. The molecule has 1 aliphatic heterocycles. The summed E-state index contributed by atoms with van der Waals surface area (Å²) in [6.45, 7) is 4.48. The number of benzene rings is 1. The number of amides is 1. The molecule has 3 aromatic rings. The molecule has 1 N–H and O–H groups in total. The number of piperazine rings is 1. The van der Waals surface area contributed by atoms with Crippen molar-refractivity contribution in [1.29, 1.82) is 0 Å². The minimum absolute atomic E-state index is 0.122. The molecule has 1 aliphatic rings. The number of hydrogen-bond donors (Lipinski definition) is 1. The number of fused-ring (bicyclic) bond motifs is 1. The van der Waals surface area contributed by atoms with Gasteiger partial charge in [0.15, 0.2) is 0 Å². The fourth-order valence-corrected chi connectivity index (χ4v) is 4.19. The fraction of sp³-hybridized carbons (Fsp3) is 0.300. The molecule has 5 nitrogen and oxygen atoms in total. The van der Waals surface area contributed by atoms with Gasteiger partial charge in [0.1, 0.15) is 5.65 Å². The van der Waals surface area contributed by atoms with Crippen molar-refractivity contribution >= 4 is 23.3 Å². The molecule has 1 fully saturated rings. The molecule has 26 heavy (non-hydrogen) atoms. The minimum Gasteiger partial charge on any atom is -0.336 e. The maximum atomic E-state index is 13.0. The zero-order valence-electron chi connectivity index (χ0n) is 14.8. The number of aromatic nitrogens is 2. The number of carbonyl (C=O) groups is 1. The Morgan fingerprint density at radius 3 is 2.96 bits per heavy atom. The average Bonchev–Trinajstić information content (AvgIpc) is 3.09. The van der Waals surface area contributed by atoms with Gasteiger partial charge in [-0.1, -0.05) is 18.2 Å². The molecule has 6 heteroatoms. The Hall–Kier alpha value is -2.31. The van der Waals surface area contributed by atoms with Gasteiger partial charge in [0, 0.05) is 48.7 Å². The lowest BCUT2D eigenvalue weighted by atomic mass is 10.1. The van der Waals surface area contributed by atoms with Crippen LogP contribution in [0.1, 0.15) is 23.0 Å². The van der Waals surface area contributed by atoms with Crippen molar-refractivity contribution < 1.29 is 4.79 Å². The highest BCUT2D eigenvalue weighted by Crippen LogP contribution is 2.27. The summed E-state index contributed by atoms with van der Waals surface area (Å²) in [4.78, 5) is 20.6. The topological polar surface area (TPSA) is 49.6 Å². The van der Waals surface area contributed by atoms with Gasteiger partial charge in [-0.05, 0) is 31.2 Å². The summed E-state index contributed by atoms with van der Waals surface area (Å²) in [5.74, 6) is 0.862. The third-order valence-electron chi connectivity index (χ3n) is 4.56. The summed E-state index contributed by atoms with van der Waals surface area (Å²) in [6, 6.07) is 14.2. The van der Waals surface area contributed by atoms with Gasteiger partial charge in [0.25, 0.3) is 5.91 Å². The SMILES string of the molecule is CC1CN(C(=O)c2ccccc2SCc2cn3ccccc3n2)CCN1. The van der Waals surface area contributed by atoms with E-state index >= 15 is 0 Å². The van der Waals surface area contributed by atoms with Gasteiger partial charge >= 0.3 is 0 Å². The molecular formula is C20H22N4OS. The number of nitrogens with zero attached hydrogens (tertiary/aromatic N) is 3. The lowest BCUT2D eigenvalue weighted by Gasteiger charge is -2.32. The molecule has 3 heterocycles. The van der Waals surface area contributed by atoms with Crippen molar-refractivity contribution in [2.24, 2.45) is 0 Å². The maximum absolute atomic E-state index is 13.0. The molecule has 1 aromatic carbocycles. The molecule has 0 bridgehead atoms. The summed E-state index contributed by atoms with van der Waals surface area (Å²) in [7, 11) is 0. The second-order valence-electron chi connectivity index (χ2n) is 6.59. The second-order valence-corrected chi connectivity index (χ2v) is 7.61. The van der Waals surface area contributed by atoms with Crippen LogP contribution in [-0.4, -0.2) is 45.9 Å². The van der Waals surface area contributed by atoms with Crippen molar-refractivity contribution in [3.63, 3.8) is 0 Å². The minimum atomic E-state index is 0.122. The van der Waals surface area contributed by atoms with Crippen LogP contribution < -0.4 is 5.32 Å². The average molecular weight is 366 g/mol. The normalized spacial score (nSPS) is 17.6. The first-order valence-corrected chi connectivity index (χ1v) is 9.86. The van der Waals surface area contributed by atoms with Crippen molar-refractivity contribution in [2.45, 2.75) is 23.6 Å². The Labute approximate surface area is 157 Å². The fourth-order valence-electron chi connectivity index (χ4n) is 3.26. The number of nitrogens with one attached hydrogen (secondary N) is 1. The predicted octanol–water partition coefficient (Wildman–Crippen LogP) is 3.06. The summed E-state index contributed by atoms with van der Waals surface area (Å²) in [6.07, 6.45) is 4.05. The van der Waals surface area contributed by atoms with Gasteiger partial charge in [0.05, 0.1) is 11.3 Å². The predicted molar refractivity (Wildman–Crippen MR) is 105 cm³/mol. The molecule has 4 rings (SSSR count). The van der Waals surface area contributed by atoms with Crippen LogP contribution in [0.4, 0.5) is 0 Å². The van der Waals surface area contributed by atoms with Crippen molar-refractivity contribution in [3.8, 4) is 0 Å². The Bertz CT molecular complexity index is 890. The third kappa shape index (κ3) is 3.61. The quantitative estimate of drug-likeness (QED) is 0.721. The molecule has 1 unspecified atom stereocenters. The molecule has 1 amide bonds. The van der Waals surface area contributed by atoms with E-state index < -0.39 is 0 Å². The van der Waals surface area contributed by atoms with Crippen molar-refractivity contribution in [2.75, 3.05) is 19.6 Å². The van der Waals surface area contributed by atoms with E-state index in [0.717, 1.165) is 47.2 Å². The first kappa shape index (κ1) is 17.1. The molecule has 1 atom stereocenters. The van der Waals surface area contributed by atoms with Crippen LogP contribution in [-0.2, 0) is 5.75 Å². The molecule has 134 valence electrons. The van der Waals surface area contributed by atoms with Gasteiger partial charge in [0.2, 0.25) is 0 Å². The summed E-state index contributed by atoms with van der Waals surface area (Å²) >= 11 is 1.67. The van der Waals surface area contributed by atoms with E-state index in [1.807, 2.05) is 64.2 Å². The van der Waals surface area contributed by atoms with E-state index in [2.05, 4.69) is 17.2 Å². The van der Waals surface area contributed by atoms with E-state index in [0.29, 0.717) is 6.04 Å². The summed E-state index contributed by atoms with van der Waals surface area (Å²) < 4.78 is 2.02. The van der Waals surface area contributed by atoms with E-state index in [-0.39, 0.29) is 5.91 Å². The first-order valence-electron chi connectivity index (χ1n) is 8.88. The lowest BCUT2D eigenvalue weighted by molar-refractivity contribution is 0.0705. The number of thioether (sulfide) groups is 1. The van der Waals surface area contributed by atoms with Crippen molar-refractivity contribution in [3.05, 3.63) is 66.1 Å². The molecule has 0 spiro atoms. The third-order valence-corrected chi connectivity index (χ3v) is 5.67. The Kier molecular flexibility index (Phi) is 4.95. The highest BCUT2D eigenvalue weighted by atomic mass is 32.2. The highest BCUT2D eigenvalue weighted by Gasteiger charge is 2.23. The van der Waals surface area contributed by atoms with E-state index in [1.165, 1.54) is 0 Å². The maximum Gasteiger partial charge on any atom is 0.255 e. The molecular weight excluding hydrogens is 344 g/mol. The van der Waals surface area contributed by atoms with Crippen LogP contribution in [0, 0.1) is 0 Å². The monoisotopic (exact) mass is 366 g/mol. The van der Waals surface area contributed by atoms with E-state index in [9.17, 15) is 4.79 Å². The number of pyridine rings is 1. The lowest BCUT2D eigenvalue weighted by Crippen LogP contribution is -2.51. The Morgan fingerprint density at radius 2 is 2.12 bits per heavy atom. The van der Waals surface area contributed by atoms with Gasteiger partial charge in [-0.25, -0.2) is 4.98 Å². The molecule has 0 saturated carbocycles. The van der Waals surface area contributed by atoms with Crippen molar-refractivity contribution in [1.82, 2.24) is 19.6 Å². The zero-order chi connectivity index (χ0) is 17.9. The molecule has 0 aliphatic carbocycles. The van der Waals surface area contributed by atoms with Gasteiger partial charge in [-0.15, -0.1) is 11.8 Å². The van der Waals surface area contributed by atoms with Crippen LogP contribution in [0.3, 0.4) is 0 Å². The van der Waals surface area contributed by atoms with Crippen LogP contribution >= 0.6 is 11.8 Å². The number of imidazole rings is 1. The van der Waals surface area contributed by atoms with Crippen LogP contribution in [0.15, 0.2) is 59.8 Å². The zero-order valence-corrected chi connectivity index (χ0v) is 15.6. The van der Waals surface area contributed by atoms with Crippen LogP contribution in [0.5, 0.6) is 0 Å². The standard InChI is InChI=1S/C20H22N4OS/c1-15-12-24(11-9-21-15)20(25)17-6-2-3-7-18(17)26-14-16-13-23-10-5-4-8-19(23)22-16/h2-8,10,13,15,21H,9,11-12,14H2,1H3. The van der Waals surface area contributed by atoms with E-state index in [4.69, 9.17) is 0 Å². The molecule has 2 aromatic heterocycles. The number of carbonyl (C=O) groups excluding carboxylic acids is 1. The van der Waals surface area contributed by atoms with Crippen LogP contribution in [0.25, 0.3) is 5.65 Å². The Balaban J connectivity index is 1.51.